The molecule has 122 valence electrons. The lowest BCUT2D eigenvalue weighted by molar-refractivity contribution is 0.0500. The molecule has 6 heteroatoms. The first-order valence-corrected chi connectivity index (χ1v) is 7.79. The second-order valence-corrected chi connectivity index (χ2v) is 6.24. The number of halogens is 1. The molecule has 23 heavy (non-hydrogen) atoms. The van der Waals surface area contributed by atoms with Gasteiger partial charge in [0.1, 0.15) is 5.82 Å². The third-order valence-electron chi connectivity index (χ3n) is 4.69. The van der Waals surface area contributed by atoms with Crippen LogP contribution in [0.25, 0.3) is 0 Å². The van der Waals surface area contributed by atoms with Gasteiger partial charge in [0.25, 0.3) is 5.91 Å². The first-order chi connectivity index (χ1) is 11.1. The van der Waals surface area contributed by atoms with E-state index >= 15 is 0 Å². The van der Waals surface area contributed by atoms with Gasteiger partial charge in [0, 0.05) is 18.2 Å². The van der Waals surface area contributed by atoms with Crippen molar-refractivity contribution in [1.29, 1.82) is 0 Å². The van der Waals surface area contributed by atoms with Crippen LogP contribution in [-0.4, -0.2) is 33.9 Å². The Bertz CT molecular complexity index is 657. The van der Waals surface area contributed by atoms with E-state index in [2.05, 4.69) is 15.5 Å². The summed E-state index contributed by atoms with van der Waals surface area (Å²) < 4.78 is 13.1. The quantitative estimate of drug-likeness (QED) is 0.790. The molecule has 1 amide bonds. The van der Waals surface area contributed by atoms with Crippen molar-refractivity contribution < 1.29 is 14.3 Å². The molecule has 0 spiro atoms. The molecule has 0 unspecified atom stereocenters. The van der Waals surface area contributed by atoms with Crippen molar-refractivity contribution in [2.24, 2.45) is 5.41 Å². The summed E-state index contributed by atoms with van der Waals surface area (Å²) in [6.07, 6.45) is 5.61. The number of aliphatic hydroxyl groups is 1. The summed E-state index contributed by atoms with van der Waals surface area (Å²) in [6.45, 7) is 0.384. The van der Waals surface area contributed by atoms with Crippen LogP contribution in [-0.2, 0) is 6.42 Å². The summed E-state index contributed by atoms with van der Waals surface area (Å²) in [7, 11) is 0. The number of benzene rings is 1. The van der Waals surface area contributed by atoms with Crippen LogP contribution in [0.3, 0.4) is 0 Å². The highest BCUT2D eigenvalue weighted by Crippen LogP contribution is 2.40. The van der Waals surface area contributed by atoms with Crippen LogP contribution in [0.4, 0.5) is 4.39 Å². The average molecular weight is 317 g/mol. The Balaban J connectivity index is 1.72. The van der Waals surface area contributed by atoms with Gasteiger partial charge in [0.2, 0.25) is 0 Å². The third-order valence-corrected chi connectivity index (χ3v) is 4.69. The van der Waals surface area contributed by atoms with Crippen LogP contribution in [0, 0.1) is 11.2 Å². The molecule has 1 heterocycles. The zero-order valence-electron chi connectivity index (χ0n) is 12.8. The van der Waals surface area contributed by atoms with E-state index in [4.69, 9.17) is 0 Å². The molecule has 3 N–H and O–H groups in total. The molecule has 3 rings (SSSR count). The Morgan fingerprint density at radius 3 is 2.83 bits per heavy atom. The standard InChI is InChI=1S/C17H20FN3O2/c18-14-5-3-12(4-6-14)8-17(7-1-2-15(17)22)11-19-16(23)13-9-20-21-10-13/h3-6,9-10,15,22H,1-2,7-8,11H2,(H,19,23)(H,20,21)/t15-,17+/m0/s1. The van der Waals surface area contributed by atoms with Crippen LogP contribution in [0.1, 0.15) is 35.2 Å². The van der Waals surface area contributed by atoms with Gasteiger partial charge in [-0.3, -0.25) is 9.89 Å². The number of aromatic amines is 1. The summed E-state index contributed by atoms with van der Waals surface area (Å²) in [5.41, 5.74) is 1.02. The number of carbonyl (C=O) groups is 1. The van der Waals surface area contributed by atoms with Gasteiger partial charge in [-0.15, -0.1) is 0 Å². The second-order valence-electron chi connectivity index (χ2n) is 6.24. The number of H-pyrrole nitrogens is 1. The van der Waals surface area contributed by atoms with E-state index in [9.17, 15) is 14.3 Å². The maximum atomic E-state index is 13.1. The smallest absolute Gasteiger partial charge is 0.254 e. The molecule has 1 saturated carbocycles. The zero-order valence-corrected chi connectivity index (χ0v) is 12.8. The van der Waals surface area contributed by atoms with E-state index in [1.807, 2.05) is 0 Å². The number of carbonyl (C=O) groups excluding carboxylic acids is 1. The molecule has 1 aromatic heterocycles. The van der Waals surface area contributed by atoms with E-state index in [-0.39, 0.29) is 11.7 Å². The van der Waals surface area contributed by atoms with E-state index in [1.165, 1.54) is 24.5 Å². The van der Waals surface area contributed by atoms with Crippen molar-refractivity contribution in [2.75, 3.05) is 6.54 Å². The molecular formula is C17H20FN3O2. The predicted octanol–water partition coefficient (Wildman–Crippen LogP) is 2.05. The Morgan fingerprint density at radius 2 is 2.22 bits per heavy atom. The Labute approximate surface area is 133 Å². The number of hydrogen-bond donors (Lipinski definition) is 3. The molecule has 0 saturated heterocycles. The maximum absolute atomic E-state index is 13.1. The average Bonchev–Trinajstić information content (AvgIpc) is 3.19. The highest BCUT2D eigenvalue weighted by Gasteiger charge is 2.42. The molecule has 1 aliphatic rings. The summed E-state index contributed by atoms with van der Waals surface area (Å²) in [4.78, 5) is 12.1. The summed E-state index contributed by atoms with van der Waals surface area (Å²) >= 11 is 0. The fraction of sp³-hybridized carbons (Fsp3) is 0.412. The lowest BCUT2D eigenvalue weighted by Gasteiger charge is -2.33. The fourth-order valence-electron chi connectivity index (χ4n) is 3.34. The van der Waals surface area contributed by atoms with Gasteiger partial charge < -0.3 is 10.4 Å². The van der Waals surface area contributed by atoms with Crippen LogP contribution in [0.5, 0.6) is 0 Å². The van der Waals surface area contributed by atoms with Crippen LogP contribution >= 0.6 is 0 Å². The van der Waals surface area contributed by atoms with Gasteiger partial charge in [0.05, 0.1) is 17.9 Å². The monoisotopic (exact) mass is 317 g/mol. The van der Waals surface area contributed by atoms with E-state index in [0.29, 0.717) is 18.5 Å². The number of amides is 1. The normalized spacial score (nSPS) is 23.8. The number of nitrogens with one attached hydrogen (secondary N) is 2. The Kier molecular flexibility index (Phi) is 4.43. The minimum atomic E-state index is -0.475. The minimum absolute atomic E-state index is 0.212. The van der Waals surface area contributed by atoms with Crippen molar-refractivity contribution in [3.8, 4) is 0 Å². The largest absolute Gasteiger partial charge is 0.392 e. The van der Waals surface area contributed by atoms with Gasteiger partial charge in [-0.05, 0) is 37.0 Å². The van der Waals surface area contributed by atoms with Gasteiger partial charge in [-0.2, -0.15) is 5.10 Å². The molecule has 2 atom stereocenters. The minimum Gasteiger partial charge on any atom is -0.392 e. The molecule has 0 bridgehead atoms. The first kappa shape index (κ1) is 15.7. The Hall–Kier alpha value is -2.21. The molecular weight excluding hydrogens is 297 g/mol. The molecule has 1 aliphatic carbocycles. The van der Waals surface area contributed by atoms with Crippen LogP contribution in [0.15, 0.2) is 36.7 Å². The lowest BCUT2D eigenvalue weighted by Crippen LogP contribution is -2.44. The molecule has 2 aromatic rings. The molecule has 1 fully saturated rings. The van der Waals surface area contributed by atoms with Crippen molar-refractivity contribution in [1.82, 2.24) is 15.5 Å². The van der Waals surface area contributed by atoms with Gasteiger partial charge in [0.15, 0.2) is 0 Å². The number of aliphatic hydroxyl groups excluding tert-OH is 1. The van der Waals surface area contributed by atoms with Crippen LogP contribution < -0.4 is 5.32 Å². The van der Waals surface area contributed by atoms with E-state index in [0.717, 1.165) is 24.8 Å². The maximum Gasteiger partial charge on any atom is 0.254 e. The number of aromatic nitrogens is 2. The zero-order chi connectivity index (χ0) is 16.3. The predicted molar refractivity (Wildman–Crippen MR) is 83.3 cm³/mol. The van der Waals surface area contributed by atoms with Crippen molar-refractivity contribution >= 4 is 5.91 Å². The summed E-state index contributed by atoms with van der Waals surface area (Å²) in [5, 5.41) is 19.7. The lowest BCUT2D eigenvalue weighted by atomic mass is 9.78. The van der Waals surface area contributed by atoms with E-state index in [1.54, 1.807) is 12.1 Å². The number of nitrogens with zero attached hydrogens (tertiary/aromatic N) is 1. The fourth-order valence-corrected chi connectivity index (χ4v) is 3.34. The molecule has 1 aromatic carbocycles. The summed E-state index contributed by atoms with van der Waals surface area (Å²) in [5.74, 6) is -0.487. The molecule has 5 nitrogen and oxygen atoms in total. The highest BCUT2D eigenvalue weighted by atomic mass is 19.1. The molecule has 0 radical (unpaired) electrons. The van der Waals surface area contributed by atoms with Gasteiger partial charge >= 0.3 is 0 Å². The molecule has 0 aliphatic heterocycles. The van der Waals surface area contributed by atoms with Gasteiger partial charge in [-0.1, -0.05) is 18.6 Å². The highest BCUT2D eigenvalue weighted by molar-refractivity contribution is 5.93. The summed E-state index contributed by atoms with van der Waals surface area (Å²) in [6, 6.07) is 6.32. The number of hydrogen-bond acceptors (Lipinski definition) is 3. The topological polar surface area (TPSA) is 78.0 Å². The number of rotatable bonds is 5. The van der Waals surface area contributed by atoms with Crippen molar-refractivity contribution in [2.45, 2.75) is 31.8 Å². The third kappa shape index (κ3) is 3.42. The van der Waals surface area contributed by atoms with Crippen LogP contribution in [0.2, 0.25) is 0 Å². The van der Waals surface area contributed by atoms with Crippen molar-refractivity contribution in [3.05, 3.63) is 53.6 Å². The first-order valence-electron chi connectivity index (χ1n) is 7.79. The van der Waals surface area contributed by atoms with Crippen molar-refractivity contribution in [3.63, 3.8) is 0 Å². The van der Waals surface area contributed by atoms with Gasteiger partial charge in [-0.25, -0.2) is 4.39 Å². The SMILES string of the molecule is O=C(NC[C@]1(Cc2ccc(F)cc2)CCC[C@@H]1O)c1cn[nH]c1. The Morgan fingerprint density at radius 1 is 1.43 bits per heavy atom. The second kappa shape index (κ2) is 6.50. The van der Waals surface area contributed by atoms with E-state index < -0.39 is 11.5 Å².